The molecule has 1 aliphatic heterocycles. The molecule has 27 heavy (non-hydrogen) atoms. The zero-order valence-electron chi connectivity index (χ0n) is 15.1. The number of furan rings is 1. The molecule has 1 aromatic carbocycles. The molecule has 0 aliphatic carbocycles. The third-order valence-corrected chi connectivity index (χ3v) is 4.36. The number of allylic oxidation sites excluding steroid dienone is 1. The van der Waals surface area contributed by atoms with Crippen molar-refractivity contribution in [3.63, 3.8) is 0 Å². The Hall–Kier alpha value is -2.57. The van der Waals surface area contributed by atoms with Gasteiger partial charge < -0.3 is 23.7 Å². The van der Waals surface area contributed by atoms with Gasteiger partial charge in [0.2, 0.25) is 12.0 Å². The van der Waals surface area contributed by atoms with Crippen molar-refractivity contribution >= 4 is 16.9 Å². The maximum Gasteiger partial charge on any atom is 0.373 e. The summed E-state index contributed by atoms with van der Waals surface area (Å²) in [5, 5.41) is 9.89. The Morgan fingerprint density at radius 1 is 1.33 bits per heavy atom. The number of ether oxygens (including phenoxy) is 3. The van der Waals surface area contributed by atoms with Gasteiger partial charge >= 0.3 is 5.97 Å². The number of aliphatic hydroxyl groups excluding tert-OH is 1. The van der Waals surface area contributed by atoms with Crippen molar-refractivity contribution in [1.29, 1.82) is 0 Å². The molecule has 2 heterocycles. The monoisotopic (exact) mass is 372 g/mol. The quantitative estimate of drug-likeness (QED) is 0.411. The van der Waals surface area contributed by atoms with E-state index in [9.17, 15) is 4.79 Å². The summed E-state index contributed by atoms with van der Waals surface area (Å²) >= 11 is 0. The van der Waals surface area contributed by atoms with E-state index >= 15 is 0 Å². The number of hydrogen-bond acceptors (Lipinski definition) is 6. The van der Waals surface area contributed by atoms with Gasteiger partial charge in [0.1, 0.15) is 12.2 Å². The maximum absolute atomic E-state index is 12.3. The minimum absolute atomic E-state index is 0.100. The second kappa shape index (κ2) is 9.39. The van der Waals surface area contributed by atoms with Gasteiger partial charge in [-0.1, -0.05) is 30.9 Å². The molecule has 0 saturated carbocycles. The zero-order chi connectivity index (χ0) is 19.1. The lowest BCUT2D eigenvalue weighted by atomic mass is 9.92. The first-order valence-electron chi connectivity index (χ1n) is 9.08. The largest absolute Gasteiger partial charge is 0.464 e. The van der Waals surface area contributed by atoms with E-state index in [2.05, 4.69) is 6.58 Å². The third kappa shape index (κ3) is 4.78. The molecule has 6 heteroatoms. The average molecular weight is 372 g/mol. The Morgan fingerprint density at radius 2 is 2.19 bits per heavy atom. The zero-order valence-corrected chi connectivity index (χ0v) is 15.1. The number of para-hydroxylation sites is 1. The van der Waals surface area contributed by atoms with E-state index in [0.29, 0.717) is 19.4 Å². The number of esters is 1. The van der Waals surface area contributed by atoms with Crippen LogP contribution >= 0.6 is 0 Å². The molecule has 2 aromatic rings. The minimum atomic E-state index is -0.571. The van der Waals surface area contributed by atoms with Crippen LogP contribution < -0.4 is 0 Å². The Balaban J connectivity index is 1.81. The van der Waals surface area contributed by atoms with E-state index in [1.807, 2.05) is 24.3 Å². The molecular weight excluding hydrogens is 348 g/mol. The van der Waals surface area contributed by atoms with Crippen molar-refractivity contribution in [1.82, 2.24) is 0 Å². The number of carbonyl (C=O) groups is 1. The topological polar surface area (TPSA) is 78.1 Å². The molecule has 0 bridgehead atoms. The van der Waals surface area contributed by atoms with Crippen LogP contribution in [-0.4, -0.2) is 37.2 Å². The van der Waals surface area contributed by atoms with Crippen LogP contribution in [-0.2, 0) is 19.0 Å². The molecule has 0 amide bonds. The smallest absolute Gasteiger partial charge is 0.373 e. The van der Waals surface area contributed by atoms with Crippen LogP contribution in [0.1, 0.15) is 30.7 Å². The maximum atomic E-state index is 12.3. The van der Waals surface area contributed by atoms with E-state index in [4.69, 9.17) is 23.7 Å². The Labute approximate surface area is 158 Å². The lowest BCUT2D eigenvalue weighted by molar-refractivity contribution is -0.160. The first kappa shape index (κ1) is 19.2. The number of fused-ring (bicyclic) bond motifs is 1. The van der Waals surface area contributed by atoms with E-state index in [1.54, 1.807) is 12.3 Å². The normalized spacial score (nSPS) is 19.4. The lowest BCUT2D eigenvalue weighted by Gasteiger charge is -2.28. The van der Waals surface area contributed by atoms with Gasteiger partial charge in [-0.2, -0.15) is 0 Å². The van der Waals surface area contributed by atoms with Crippen LogP contribution in [0, 0.1) is 0 Å². The van der Waals surface area contributed by atoms with E-state index in [0.717, 1.165) is 23.0 Å². The van der Waals surface area contributed by atoms with Gasteiger partial charge in [-0.3, -0.25) is 0 Å². The van der Waals surface area contributed by atoms with Crippen molar-refractivity contribution in [3.8, 4) is 0 Å². The third-order valence-electron chi connectivity index (χ3n) is 4.36. The van der Waals surface area contributed by atoms with Crippen LogP contribution in [0.5, 0.6) is 0 Å². The molecule has 0 fully saturated rings. The molecule has 0 saturated heterocycles. The van der Waals surface area contributed by atoms with Crippen molar-refractivity contribution in [2.24, 2.45) is 0 Å². The van der Waals surface area contributed by atoms with Crippen LogP contribution in [0.25, 0.3) is 11.0 Å². The molecule has 0 radical (unpaired) electrons. The van der Waals surface area contributed by atoms with Gasteiger partial charge in [0, 0.05) is 29.9 Å². The molecule has 2 atom stereocenters. The van der Waals surface area contributed by atoms with Gasteiger partial charge in [0.15, 0.2) is 0 Å². The molecule has 1 N–H and O–H groups in total. The van der Waals surface area contributed by atoms with Crippen LogP contribution in [0.3, 0.4) is 0 Å². The fraction of sp³-hybridized carbons (Fsp3) is 0.381. The predicted molar refractivity (Wildman–Crippen MR) is 100.0 cm³/mol. The Morgan fingerprint density at radius 3 is 3.00 bits per heavy atom. The number of rotatable bonds is 9. The summed E-state index contributed by atoms with van der Waals surface area (Å²) in [6, 6.07) is 7.77. The summed E-state index contributed by atoms with van der Waals surface area (Å²) in [5.41, 5.74) is 1.77. The molecular formula is C21H24O6. The van der Waals surface area contributed by atoms with Gasteiger partial charge in [0.05, 0.1) is 12.9 Å². The lowest BCUT2D eigenvalue weighted by Crippen LogP contribution is -2.28. The second-order valence-corrected chi connectivity index (χ2v) is 6.30. The second-order valence-electron chi connectivity index (χ2n) is 6.30. The SMILES string of the molecule is C=CCOC(=O)C1=CC(c2coc3ccccc23)CC(OCCCCO)O1. The van der Waals surface area contributed by atoms with Gasteiger partial charge in [-0.15, -0.1) is 0 Å². The Kier molecular flexibility index (Phi) is 6.68. The van der Waals surface area contributed by atoms with Crippen LogP contribution in [0.4, 0.5) is 0 Å². The van der Waals surface area contributed by atoms with Gasteiger partial charge in [-0.25, -0.2) is 4.79 Å². The number of benzene rings is 1. The summed E-state index contributed by atoms with van der Waals surface area (Å²) in [6.07, 6.45) is 6.34. The number of unbranched alkanes of at least 4 members (excludes halogenated alkanes) is 1. The van der Waals surface area contributed by atoms with Crippen molar-refractivity contribution in [2.45, 2.75) is 31.5 Å². The van der Waals surface area contributed by atoms with Gasteiger partial charge in [-0.05, 0) is 25.0 Å². The first-order chi connectivity index (χ1) is 13.2. The highest BCUT2D eigenvalue weighted by Gasteiger charge is 2.31. The highest BCUT2D eigenvalue weighted by Crippen LogP contribution is 2.36. The highest BCUT2D eigenvalue weighted by atomic mass is 16.7. The molecule has 6 nitrogen and oxygen atoms in total. The minimum Gasteiger partial charge on any atom is -0.464 e. The summed E-state index contributed by atoms with van der Waals surface area (Å²) in [5.74, 6) is -0.515. The van der Waals surface area contributed by atoms with Gasteiger partial charge in [0.25, 0.3) is 0 Å². The highest BCUT2D eigenvalue weighted by molar-refractivity contribution is 5.87. The van der Waals surface area contributed by atoms with E-state index < -0.39 is 12.3 Å². The van der Waals surface area contributed by atoms with Crippen molar-refractivity contribution < 1.29 is 28.5 Å². The number of aliphatic hydroxyl groups is 1. The molecule has 1 aliphatic rings. The van der Waals surface area contributed by atoms with Crippen LogP contribution in [0.15, 0.2) is 59.4 Å². The summed E-state index contributed by atoms with van der Waals surface area (Å²) in [7, 11) is 0. The van der Waals surface area contributed by atoms with E-state index in [-0.39, 0.29) is 24.9 Å². The predicted octanol–water partition coefficient (Wildman–Crippen LogP) is 3.67. The molecule has 0 spiro atoms. The number of hydrogen-bond donors (Lipinski definition) is 1. The summed E-state index contributed by atoms with van der Waals surface area (Å²) in [4.78, 5) is 12.3. The molecule has 1 aromatic heterocycles. The van der Waals surface area contributed by atoms with Crippen molar-refractivity contribution in [2.75, 3.05) is 19.8 Å². The summed E-state index contributed by atoms with van der Waals surface area (Å²) < 4.78 is 22.2. The molecule has 144 valence electrons. The fourth-order valence-corrected chi connectivity index (χ4v) is 3.04. The molecule has 3 rings (SSSR count). The average Bonchev–Trinajstić information content (AvgIpc) is 3.13. The van der Waals surface area contributed by atoms with Crippen molar-refractivity contribution in [3.05, 3.63) is 60.6 Å². The molecule has 2 unspecified atom stereocenters. The van der Waals surface area contributed by atoms with Crippen LogP contribution in [0.2, 0.25) is 0 Å². The summed E-state index contributed by atoms with van der Waals surface area (Å²) in [6.45, 7) is 4.22. The number of carbonyl (C=O) groups excluding carboxylic acids is 1. The standard InChI is InChI=1S/C21H24O6/c1-2-10-25-21(23)19-12-15(13-20(27-19)24-11-6-5-9-22)17-14-26-18-8-4-3-7-16(17)18/h2-4,7-8,12,14-15,20,22H,1,5-6,9-11,13H2. The Bertz CT molecular complexity index is 806. The van der Waals surface area contributed by atoms with E-state index in [1.165, 1.54) is 6.08 Å². The first-order valence-corrected chi connectivity index (χ1v) is 9.08. The fourth-order valence-electron chi connectivity index (χ4n) is 3.04.